The third-order valence-corrected chi connectivity index (χ3v) is 6.13. The summed E-state index contributed by atoms with van der Waals surface area (Å²) >= 11 is 0. The van der Waals surface area contributed by atoms with Gasteiger partial charge in [-0.2, -0.15) is 0 Å². The van der Waals surface area contributed by atoms with E-state index in [1.54, 1.807) is 0 Å². The van der Waals surface area contributed by atoms with Gasteiger partial charge in [0.15, 0.2) is 5.78 Å². The third-order valence-electron chi connectivity index (χ3n) is 6.13. The Morgan fingerprint density at radius 3 is 1.79 bits per heavy atom. The summed E-state index contributed by atoms with van der Waals surface area (Å²) in [6, 6.07) is 0. The van der Waals surface area contributed by atoms with E-state index >= 15 is 0 Å². The second-order valence-corrected chi connectivity index (χ2v) is 8.59. The van der Waals surface area contributed by atoms with Gasteiger partial charge in [-0.05, 0) is 45.6 Å². The van der Waals surface area contributed by atoms with Crippen molar-refractivity contribution in [3.8, 4) is 0 Å². The van der Waals surface area contributed by atoms with Crippen molar-refractivity contribution in [2.24, 2.45) is 0 Å². The maximum absolute atomic E-state index is 12.0. The predicted octanol–water partition coefficient (Wildman–Crippen LogP) is 7.42. The summed E-state index contributed by atoms with van der Waals surface area (Å²) in [5, 5.41) is 0. The molecule has 0 heterocycles. The summed E-state index contributed by atoms with van der Waals surface area (Å²) in [7, 11) is 0. The molecule has 0 aromatic rings. The largest absolute Gasteiger partial charge is 0.375 e. The minimum absolute atomic E-state index is 0.0421. The van der Waals surface area contributed by atoms with E-state index in [2.05, 4.69) is 27.4 Å². The predicted molar refractivity (Wildman–Crippen MR) is 121 cm³/mol. The van der Waals surface area contributed by atoms with Crippen LogP contribution in [0.15, 0.2) is 12.7 Å². The molecule has 2 atom stereocenters. The van der Waals surface area contributed by atoms with Crippen LogP contribution in [0.1, 0.15) is 118 Å². The lowest BCUT2D eigenvalue weighted by Gasteiger charge is -2.32. The topological polar surface area (TPSA) is 35.5 Å². The number of ether oxygens (including phenoxy) is 2. The van der Waals surface area contributed by atoms with Crippen LogP contribution < -0.4 is 0 Å². The summed E-state index contributed by atoms with van der Waals surface area (Å²) in [5.74, 6) is -0.0421. The molecule has 0 saturated heterocycles. The van der Waals surface area contributed by atoms with Crippen molar-refractivity contribution in [1.82, 2.24) is 0 Å². The van der Waals surface area contributed by atoms with Crippen molar-refractivity contribution in [1.29, 1.82) is 0 Å². The highest BCUT2D eigenvalue weighted by molar-refractivity contribution is 5.96. The molecule has 0 amide bonds. The Morgan fingerprint density at radius 2 is 1.32 bits per heavy atom. The maximum atomic E-state index is 12.0. The Morgan fingerprint density at radius 1 is 0.786 bits per heavy atom. The Hall–Kier alpha value is -0.670. The molecule has 28 heavy (non-hydrogen) atoms. The molecule has 0 aromatic heterocycles. The van der Waals surface area contributed by atoms with E-state index in [0.717, 1.165) is 25.9 Å². The smallest absolute Gasteiger partial charge is 0.186 e. The molecule has 166 valence electrons. The summed E-state index contributed by atoms with van der Waals surface area (Å²) in [6.07, 6.45) is 17.2. The Labute approximate surface area is 175 Å². The number of carbonyl (C=O) groups excluding carboxylic acids is 1. The van der Waals surface area contributed by atoms with E-state index in [9.17, 15) is 4.79 Å². The monoisotopic (exact) mass is 396 g/mol. The number of carbonyl (C=O) groups is 1. The summed E-state index contributed by atoms with van der Waals surface area (Å²) in [6.45, 7) is 15.3. The van der Waals surface area contributed by atoms with E-state index in [1.165, 1.54) is 63.9 Å². The van der Waals surface area contributed by atoms with Crippen LogP contribution in [-0.2, 0) is 14.3 Å². The van der Waals surface area contributed by atoms with E-state index in [-0.39, 0.29) is 11.4 Å². The summed E-state index contributed by atoms with van der Waals surface area (Å²) < 4.78 is 12.1. The van der Waals surface area contributed by atoms with Crippen LogP contribution in [0.5, 0.6) is 0 Å². The molecule has 0 spiro atoms. The number of rotatable bonds is 20. The van der Waals surface area contributed by atoms with Gasteiger partial charge in [-0.15, -0.1) is 0 Å². The Balaban J connectivity index is 3.91. The normalized spacial score (nSPS) is 15.8. The molecular weight excluding hydrogens is 348 g/mol. The van der Waals surface area contributed by atoms with E-state index < -0.39 is 5.60 Å². The van der Waals surface area contributed by atoms with Crippen LogP contribution in [-0.4, -0.2) is 30.2 Å². The zero-order valence-corrected chi connectivity index (χ0v) is 19.6. The zero-order valence-electron chi connectivity index (χ0n) is 19.6. The van der Waals surface area contributed by atoms with Gasteiger partial charge in [-0.1, -0.05) is 85.1 Å². The van der Waals surface area contributed by atoms with Crippen molar-refractivity contribution >= 4 is 5.78 Å². The van der Waals surface area contributed by atoms with Crippen LogP contribution in [0.3, 0.4) is 0 Å². The van der Waals surface area contributed by atoms with Gasteiger partial charge in [-0.3, -0.25) is 4.79 Å². The number of hydrogen-bond acceptors (Lipinski definition) is 3. The Bertz CT molecular complexity index is 407. The quantitative estimate of drug-likeness (QED) is 0.159. The maximum Gasteiger partial charge on any atom is 0.186 e. The first-order valence-electron chi connectivity index (χ1n) is 11.8. The fraction of sp³-hybridized carbons (Fsp3) is 0.880. The highest BCUT2D eigenvalue weighted by Gasteiger charge is 2.31. The first kappa shape index (κ1) is 27.3. The van der Waals surface area contributed by atoms with E-state index in [0.29, 0.717) is 13.0 Å². The SMILES string of the molecule is C=CC(=O)C(C)(CC)OCCC(C)(CC)OCCCCCCCCCCCC. The summed E-state index contributed by atoms with van der Waals surface area (Å²) in [5.41, 5.74) is -0.932. The second kappa shape index (κ2) is 16.2. The van der Waals surface area contributed by atoms with Crippen molar-refractivity contribution < 1.29 is 14.3 Å². The highest BCUT2D eigenvalue weighted by Crippen LogP contribution is 2.24. The average molecular weight is 397 g/mol. The van der Waals surface area contributed by atoms with E-state index in [1.807, 2.05) is 13.8 Å². The van der Waals surface area contributed by atoms with Gasteiger partial charge in [0.2, 0.25) is 0 Å². The molecule has 0 radical (unpaired) electrons. The number of ketones is 1. The first-order chi connectivity index (χ1) is 13.4. The molecule has 0 N–H and O–H groups in total. The fourth-order valence-electron chi connectivity index (χ4n) is 3.31. The number of hydrogen-bond donors (Lipinski definition) is 0. The molecule has 3 nitrogen and oxygen atoms in total. The van der Waals surface area contributed by atoms with Crippen LogP contribution in [0.4, 0.5) is 0 Å². The molecule has 0 saturated carbocycles. The van der Waals surface area contributed by atoms with Crippen LogP contribution in [0.2, 0.25) is 0 Å². The first-order valence-corrected chi connectivity index (χ1v) is 11.8. The van der Waals surface area contributed by atoms with Gasteiger partial charge in [0.1, 0.15) is 5.60 Å². The van der Waals surface area contributed by atoms with Crippen molar-refractivity contribution in [2.75, 3.05) is 13.2 Å². The molecular formula is C25H48O3. The fourth-order valence-corrected chi connectivity index (χ4v) is 3.31. The van der Waals surface area contributed by atoms with Crippen molar-refractivity contribution in [3.05, 3.63) is 12.7 Å². The van der Waals surface area contributed by atoms with Gasteiger partial charge >= 0.3 is 0 Å². The van der Waals surface area contributed by atoms with Gasteiger partial charge in [0, 0.05) is 6.61 Å². The Kier molecular flexibility index (Phi) is 15.8. The van der Waals surface area contributed by atoms with Gasteiger partial charge in [-0.25, -0.2) is 0 Å². The molecule has 0 bridgehead atoms. The van der Waals surface area contributed by atoms with E-state index in [4.69, 9.17) is 9.47 Å². The van der Waals surface area contributed by atoms with Crippen molar-refractivity contribution in [3.63, 3.8) is 0 Å². The van der Waals surface area contributed by atoms with Gasteiger partial charge in [0.05, 0.1) is 12.2 Å². The lowest BCUT2D eigenvalue weighted by atomic mass is 9.96. The van der Waals surface area contributed by atoms with Crippen LogP contribution in [0, 0.1) is 0 Å². The standard InChI is InChI=1S/C25H48O3/c1-7-11-12-13-14-15-16-17-18-19-21-27-24(5,9-3)20-22-28-25(6,10-4)23(26)8-2/h8H,2,7,9-22H2,1,3-6H3. The lowest BCUT2D eigenvalue weighted by molar-refractivity contribution is -0.141. The molecule has 0 aliphatic rings. The molecule has 0 fully saturated rings. The molecule has 0 aromatic carbocycles. The number of unbranched alkanes of at least 4 members (excludes halogenated alkanes) is 9. The highest BCUT2D eigenvalue weighted by atomic mass is 16.5. The average Bonchev–Trinajstić information content (AvgIpc) is 2.71. The lowest BCUT2D eigenvalue weighted by Crippen LogP contribution is -2.39. The third kappa shape index (κ3) is 12.0. The van der Waals surface area contributed by atoms with Gasteiger partial charge < -0.3 is 9.47 Å². The summed E-state index contributed by atoms with van der Waals surface area (Å²) in [4.78, 5) is 12.0. The van der Waals surface area contributed by atoms with Gasteiger partial charge in [0.25, 0.3) is 0 Å². The molecule has 0 rings (SSSR count). The van der Waals surface area contributed by atoms with Crippen LogP contribution in [0.25, 0.3) is 0 Å². The zero-order chi connectivity index (χ0) is 21.3. The molecule has 3 heteroatoms. The van der Waals surface area contributed by atoms with Crippen molar-refractivity contribution in [2.45, 2.75) is 129 Å². The van der Waals surface area contributed by atoms with Crippen LogP contribution >= 0.6 is 0 Å². The molecule has 0 aliphatic carbocycles. The minimum atomic E-state index is -0.757. The molecule has 0 aliphatic heterocycles. The molecule has 2 unspecified atom stereocenters. The second-order valence-electron chi connectivity index (χ2n) is 8.59. The minimum Gasteiger partial charge on any atom is -0.375 e.